The average molecular weight is 362 g/mol. The normalized spacial score (nSPS) is 15.2. The number of hydrogen-bond acceptors (Lipinski definition) is 4. The molecule has 3 heterocycles. The van der Waals surface area contributed by atoms with Crippen LogP contribution < -0.4 is 5.73 Å². The molecule has 5 nitrogen and oxygen atoms in total. The number of fused-ring (bicyclic) bond motifs is 1. The van der Waals surface area contributed by atoms with Crippen molar-refractivity contribution in [2.45, 2.75) is 25.3 Å². The Morgan fingerprint density at radius 2 is 2.09 bits per heavy atom. The number of aromatic nitrogens is 4. The van der Waals surface area contributed by atoms with Crippen LogP contribution in [0.4, 0.5) is 10.3 Å². The molecule has 0 aliphatic heterocycles. The Morgan fingerprint density at radius 3 is 2.82 bits per heavy atom. The summed E-state index contributed by atoms with van der Waals surface area (Å²) >= 11 is 3.38. The lowest BCUT2D eigenvalue weighted by Crippen LogP contribution is -2.15. The summed E-state index contributed by atoms with van der Waals surface area (Å²) in [5.74, 6) is -0.413. The molecule has 0 amide bonds. The Balaban J connectivity index is 2.00. The van der Waals surface area contributed by atoms with Gasteiger partial charge in [-0.25, -0.2) is 19.3 Å². The van der Waals surface area contributed by atoms with Crippen LogP contribution in [0.25, 0.3) is 22.2 Å². The van der Waals surface area contributed by atoms with Crippen molar-refractivity contribution in [3.8, 4) is 11.3 Å². The summed E-state index contributed by atoms with van der Waals surface area (Å²) in [5.41, 5.74) is 7.56. The van der Waals surface area contributed by atoms with Crippen LogP contribution in [0.3, 0.4) is 0 Å². The molecule has 2 N–H and O–H groups in total. The first kappa shape index (κ1) is 13.6. The van der Waals surface area contributed by atoms with Gasteiger partial charge in [0.05, 0.1) is 17.9 Å². The van der Waals surface area contributed by atoms with Crippen LogP contribution in [-0.2, 0) is 0 Å². The van der Waals surface area contributed by atoms with Crippen molar-refractivity contribution >= 4 is 32.8 Å². The second-order valence-electron chi connectivity index (χ2n) is 5.48. The fraction of sp³-hybridized carbons (Fsp3) is 0.267. The van der Waals surface area contributed by atoms with Crippen LogP contribution >= 0.6 is 15.9 Å². The molecule has 112 valence electrons. The fourth-order valence-electron chi connectivity index (χ4n) is 2.85. The van der Waals surface area contributed by atoms with Crippen LogP contribution in [0.5, 0.6) is 0 Å². The van der Waals surface area contributed by atoms with Gasteiger partial charge in [0.1, 0.15) is 10.3 Å². The van der Waals surface area contributed by atoms with Gasteiger partial charge in [-0.2, -0.15) is 0 Å². The molecule has 1 aliphatic carbocycles. The smallest absolute Gasteiger partial charge is 0.220 e. The maximum atomic E-state index is 14.2. The largest absolute Gasteiger partial charge is 0.368 e. The molecule has 0 spiro atoms. The van der Waals surface area contributed by atoms with E-state index in [1.54, 1.807) is 0 Å². The first-order chi connectivity index (χ1) is 10.6. The van der Waals surface area contributed by atoms with Crippen molar-refractivity contribution in [1.29, 1.82) is 0 Å². The van der Waals surface area contributed by atoms with E-state index >= 15 is 0 Å². The van der Waals surface area contributed by atoms with E-state index in [0.29, 0.717) is 10.6 Å². The minimum atomic E-state index is -0.477. The molecule has 3 aromatic rings. The van der Waals surface area contributed by atoms with E-state index in [1.807, 2.05) is 18.5 Å². The van der Waals surface area contributed by atoms with E-state index < -0.39 is 5.82 Å². The Kier molecular flexibility index (Phi) is 3.11. The molecule has 0 saturated heterocycles. The fourth-order valence-corrected chi connectivity index (χ4v) is 3.18. The number of nitrogens with two attached hydrogens (primary N) is 1. The molecule has 1 fully saturated rings. The predicted molar refractivity (Wildman–Crippen MR) is 85.7 cm³/mol. The van der Waals surface area contributed by atoms with Gasteiger partial charge in [0.25, 0.3) is 0 Å². The monoisotopic (exact) mass is 361 g/mol. The summed E-state index contributed by atoms with van der Waals surface area (Å²) in [6.07, 6.45) is 8.36. The molecule has 3 aromatic heterocycles. The van der Waals surface area contributed by atoms with Gasteiger partial charge in [-0.3, -0.25) is 0 Å². The second-order valence-corrected chi connectivity index (χ2v) is 6.30. The molecule has 22 heavy (non-hydrogen) atoms. The van der Waals surface area contributed by atoms with Crippen molar-refractivity contribution in [2.75, 3.05) is 5.73 Å². The molecule has 0 atom stereocenters. The van der Waals surface area contributed by atoms with Gasteiger partial charge in [-0.05, 0) is 41.3 Å². The highest BCUT2D eigenvalue weighted by atomic mass is 79.9. The van der Waals surface area contributed by atoms with Crippen LogP contribution in [0.1, 0.15) is 25.3 Å². The molecule has 4 rings (SSSR count). The quantitative estimate of drug-likeness (QED) is 0.706. The van der Waals surface area contributed by atoms with Crippen LogP contribution in [0, 0.1) is 5.82 Å². The number of hydrogen-bond donors (Lipinski definition) is 1. The molecule has 0 bridgehead atoms. The Bertz CT molecular complexity index is 872. The predicted octanol–water partition coefficient (Wildman–Crippen LogP) is 3.70. The topological polar surface area (TPSA) is 69.6 Å². The third-order valence-electron chi connectivity index (χ3n) is 4.17. The third-order valence-corrected chi connectivity index (χ3v) is 4.61. The molecule has 0 aromatic carbocycles. The van der Waals surface area contributed by atoms with E-state index in [4.69, 9.17) is 5.73 Å². The van der Waals surface area contributed by atoms with E-state index in [2.05, 4.69) is 35.4 Å². The summed E-state index contributed by atoms with van der Waals surface area (Å²) < 4.78 is 17.0. The van der Waals surface area contributed by atoms with Crippen molar-refractivity contribution in [3.63, 3.8) is 0 Å². The maximum absolute atomic E-state index is 14.2. The van der Waals surface area contributed by atoms with Crippen molar-refractivity contribution in [2.24, 2.45) is 0 Å². The summed E-state index contributed by atoms with van der Waals surface area (Å²) in [6.45, 7) is 0. The number of anilines is 1. The second kappa shape index (κ2) is 5.01. The highest BCUT2D eigenvalue weighted by molar-refractivity contribution is 9.10. The van der Waals surface area contributed by atoms with E-state index in [0.717, 1.165) is 35.5 Å². The molecule has 7 heteroatoms. The number of nitrogens with zero attached hydrogens (tertiary/aromatic N) is 4. The van der Waals surface area contributed by atoms with E-state index in [9.17, 15) is 4.39 Å². The standard InChI is InChI=1S/C15H13BrFN5/c16-13-4-9-10(14-11(17)5-20-15(18)21-14)7-22(8-2-1-3-8)12(9)6-19-13/h4-8H,1-3H2,(H2,18,20,21). The zero-order chi connectivity index (χ0) is 15.3. The van der Waals surface area contributed by atoms with Crippen LogP contribution in [0.15, 0.2) is 29.3 Å². The lowest BCUT2D eigenvalue weighted by molar-refractivity contribution is 0.321. The third kappa shape index (κ3) is 2.08. The van der Waals surface area contributed by atoms with Gasteiger partial charge in [0, 0.05) is 23.2 Å². The van der Waals surface area contributed by atoms with Crippen molar-refractivity contribution in [1.82, 2.24) is 19.5 Å². The minimum Gasteiger partial charge on any atom is -0.368 e. The first-order valence-corrected chi connectivity index (χ1v) is 7.87. The summed E-state index contributed by atoms with van der Waals surface area (Å²) in [7, 11) is 0. The van der Waals surface area contributed by atoms with Gasteiger partial charge < -0.3 is 10.3 Å². The highest BCUT2D eigenvalue weighted by Gasteiger charge is 2.24. The molecule has 0 radical (unpaired) electrons. The Morgan fingerprint density at radius 1 is 1.27 bits per heavy atom. The van der Waals surface area contributed by atoms with Gasteiger partial charge in [0.15, 0.2) is 5.82 Å². The summed E-state index contributed by atoms with van der Waals surface area (Å²) in [6, 6.07) is 2.33. The van der Waals surface area contributed by atoms with Crippen LogP contribution in [-0.4, -0.2) is 19.5 Å². The highest BCUT2D eigenvalue weighted by Crippen LogP contribution is 2.39. The van der Waals surface area contributed by atoms with E-state index in [-0.39, 0.29) is 11.6 Å². The lowest BCUT2D eigenvalue weighted by atomic mass is 9.93. The Hall–Kier alpha value is -2.02. The molecule has 1 saturated carbocycles. The Labute approximate surface area is 134 Å². The number of nitrogen functional groups attached to an aromatic ring is 1. The number of rotatable bonds is 2. The first-order valence-electron chi connectivity index (χ1n) is 7.08. The lowest BCUT2D eigenvalue weighted by Gasteiger charge is -2.27. The molecular formula is C15H13BrFN5. The maximum Gasteiger partial charge on any atom is 0.220 e. The van der Waals surface area contributed by atoms with Gasteiger partial charge >= 0.3 is 0 Å². The zero-order valence-electron chi connectivity index (χ0n) is 11.6. The number of halogens is 2. The molecule has 0 unspecified atom stereocenters. The number of pyridine rings is 1. The van der Waals surface area contributed by atoms with Gasteiger partial charge in [0.2, 0.25) is 5.95 Å². The van der Waals surface area contributed by atoms with Crippen molar-refractivity contribution in [3.05, 3.63) is 35.1 Å². The average Bonchev–Trinajstić information content (AvgIpc) is 2.78. The van der Waals surface area contributed by atoms with Crippen molar-refractivity contribution < 1.29 is 4.39 Å². The van der Waals surface area contributed by atoms with Crippen LogP contribution in [0.2, 0.25) is 0 Å². The van der Waals surface area contributed by atoms with Gasteiger partial charge in [-0.1, -0.05) is 0 Å². The van der Waals surface area contributed by atoms with E-state index in [1.165, 1.54) is 6.42 Å². The zero-order valence-corrected chi connectivity index (χ0v) is 13.2. The molecular weight excluding hydrogens is 349 g/mol. The summed E-state index contributed by atoms with van der Waals surface area (Å²) in [4.78, 5) is 12.1. The SMILES string of the molecule is Nc1ncc(F)c(-c2cn(C3CCC3)c3cnc(Br)cc23)n1. The van der Waals surface area contributed by atoms with Gasteiger partial charge in [-0.15, -0.1) is 0 Å². The molecule has 1 aliphatic rings. The minimum absolute atomic E-state index is 0.0639. The summed E-state index contributed by atoms with van der Waals surface area (Å²) in [5, 5.41) is 0.908.